The largest absolute Gasteiger partial charge is 0.371 e. The Labute approximate surface area is 154 Å². The molecule has 2 amide bonds. The summed E-state index contributed by atoms with van der Waals surface area (Å²) in [6, 6.07) is 12.2. The number of nitrogens with zero attached hydrogens (tertiary/aromatic N) is 1. The zero-order valence-corrected chi connectivity index (χ0v) is 16.4. The smallest absolute Gasteiger partial charge is 0.317 e. The summed E-state index contributed by atoms with van der Waals surface area (Å²) in [5.74, 6) is 0. The second-order valence-electron chi connectivity index (χ2n) is 6.97. The van der Waals surface area contributed by atoms with Gasteiger partial charge in [-0.1, -0.05) is 30.3 Å². The molecule has 5 heteroatoms. The molecule has 4 nitrogen and oxygen atoms in total. The first kappa shape index (κ1) is 19.5. The van der Waals surface area contributed by atoms with E-state index in [2.05, 4.69) is 17.4 Å². The van der Waals surface area contributed by atoms with E-state index in [1.165, 1.54) is 4.88 Å². The van der Waals surface area contributed by atoms with Crippen LogP contribution in [0.5, 0.6) is 0 Å². The minimum atomic E-state index is -0.159. The fourth-order valence-corrected chi connectivity index (χ4v) is 3.06. The Hall–Kier alpha value is -1.85. The zero-order chi connectivity index (χ0) is 18.3. The van der Waals surface area contributed by atoms with Crippen LogP contribution in [0.25, 0.3) is 0 Å². The third-order valence-corrected chi connectivity index (χ3v) is 4.56. The molecule has 0 atom stereocenters. The molecule has 0 aliphatic heterocycles. The van der Waals surface area contributed by atoms with Crippen LogP contribution < -0.4 is 5.32 Å². The van der Waals surface area contributed by atoms with Crippen molar-refractivity contribution in [2.24, 2.45) is 0 Å². The Kier molecular flexibility index (Phi) is 7.02. The van der Waals surface area contributed by atoms with Crippen molar-refractivity contribution in [3.8, 4) is 0 Å². The van der Waals surface area contributed by atoms with Crippen molar-refractivity contribution in [3.05, 3.63) is 57.8 Å². The van der Waals surface area contributed by atoms with Crippen molar-refractivity contribution in [1.29, 1.82) is 0 Å². The topological polar surface area (TPSA) is 41.6 Å². The summed E-state index contributed by atoms with van der Waals surface area (Å²) in [5.41, 5.74) is 2.04. The van der Waals surface area contributed by atoms with Gasteiger partial charge < -0.3 is 15.0 Å². The molecule has 1 aromatic carbocycles. The molecular weight excluding hydrogens is 332 g/mol. The fraction of sp³-hybridized carbons (Fsp3) is 0.450. The predicted molar refractivity (Wildman–Crippen MR) is 104 cm³/mol. The van der Waals surface area contributed by atoms with E-state index >= 15 is 0 Å². The third kappa shape index (κ3) is 6.88. The van der Waals surface area contributed by atoms with Crippen molar-refractivity contribution < 1.29 is 9.53 Å². The Balaban J connectivity index is 1.88. The van der Waals surface area contributed by atoms with Gasteiger partial charge in [0.1, 0.15) is 0 Å². The first-order valence-corrected chi connectivity index (χ1v) is 9.52. The highest BCUT2D eigenvalue weighted by molar-refractivity contribution is 7.09. The molecule has 0 radical (unpaired) electrons. The molecule has 1 aromatic heterocycles. The highest BCUT2D eigenvalue weighted by Gasteiger charge is 2.13. The number of ether oxygens (including phenoxy) is 1. The maximum absolute atomic E-state index is 12.4. The monoisotopic (exact) mass is 360 g/mol. The maximum Gasteiger partial charge on any atom is 0.317 e. The van der Waals surface area contributed by atoms with Gasteiger partial charge in [0.2, 0.25) is 0 Å². The lowest BCUT2D eigenvalue weighted by Crippen LogP contribution is -2.38. The normalized spacial score (nSPS) is 11.4. The molecule has 0 aliphatic rings. The van der Waals surface area contributed by atoms with Crippen molar-refractivity contribution >= 4 is 17.4 Å². The van der Waals surface area contributed by atoms with Crippen molar-refractivity contribution in [1.82, 2.24) is 10.2 Å². The number of hydrogen-bond donors (Lipinski definition) is 1. The van der Waals surface area contributed by atoms with Crippen molar-refractivity contribution in [2.45, 2.75) is 53.0 Å². The highest BCUT2D eigenvalue weighted by atomic mass is 32.1. The highest BCUT2D eigenvalue weighted by Crippen LogP contribution is 2.14. The van der Waals surface area contributed by atoms with Crippen LogP contribution >= 0.6 is 11.3 Å². The van der Waals surface area contributed by atoms with Gasteiger partial charge in [-0.2, -0.15) is 0 Å². The number of amides is 2. The van der Waals surface area contributed by atoms with Gasteiger partial charge in [0, 0.05) is 18.0 Å². The minimum Gasteiger partial charge on any atom is -0.371 e. The molecule has 1 N–H and O–H groups in total. The Morgan fingerprint density at radius 3 is 2.60 bits per heavy atom. The summed E-state index contributed by atoms with van der Waals surface area (Å²) in [4.78, 5) is 15.4. The Bertz CT molecular complexity index is 663. The lowest BCUT2D eigenvalue weighted by Gasteiger charge is -2.21. The van der Waals surface area contributed by atoms with Gasteiger partial charge in [-0.05, 0) is 50.3 Å². The summed E-state index contributed by atoms with van der Waals surface area (Å²) in [6.07, 6.45) is 0. The molecule has 2 rings (SSSR count). The summed E-state index contributed by atoms with van der Waals surface area (Å²) in [6.45, 7) is 10.6. The second-order valence-corrected chi connectivity index (χ2v) is 8.01. The van der Waals surface area contributed by atoms with Crippen LogP contribution in [0.2, 0.25) is 0 Å². The van der Waals surface area contributed by atoms with Crippen LogP contribution in [0.1, 0.15) is 43.7 Å². The fourth-order valence-electron chi connectivity index (χ4n) is 2.34. The average molecular weight is 361 g/mol. The standard InChI is InChI=1S/C20H28N2O2S/c1-5-22(14-18-10-7-11-25-18)19(23)21-13-16-8-6-9-17(12-16)15-24-20(2,3)4/h6-12H,5,13-15H2,1-4H3,(H,21,23). The van der Waals surface area contributed by atoms with Crippen LogP contribution in [-0.2, 0) is 24.4 Å². The van der Waals surface area contributed by atoms with Gasteiger partial charge in [0.15, 0.2) is 0 Å². The van der Waals surface area contributed by atoms with Crippen LogP contribution in [0.3, 0.4) is 0 Å². The Morgan fingerprint density at radius 1 is 1.20 bits per heavy atom. The van der Waals surface area contributed by atoms with E-state index in [9.17, 15) is 4.79 Å². The number of rotatable bonds is 7. The van der Waals surface area contributed by atoms with E-state index in [-0.39, 0.29) is 11.6 Å². The lowest BCUT2D eigenvalue weighted by atomic mass is 10.1. The van der Waals surface area contributed by atoms with Gasteiger partial charge in [-0.3, -0.25) is 0 Å². The van der Waals surface area contributed by atoms with E-state index in [0.717, 1.165) is 11.1 Å². The van der Waals surface area contributed by atoms with Crippen LogP contribution in [0.4, 0.5) is 4.79 Å². The number of thiophene rings is 1. The van der Waals surface area contributed by atoms with Gasteiger partial charge >= 0.3 is 6.03 Å². The predicted octanol–water partition coefficient (Wildman–Crippen LogP) is 4.79. The number of carbonyl (C=O) groups excluding carboxylic acids is 1. The lowest BCUT2D eigenvalue weighted by molar-refractivity contribution is -0.0149. The summed E-state index contributed by atoms with van der Waals surface area (Å²) < 4.78 is 5.82. The van der Waals surface area contributed by atoms with Gasteiger partial charge in [-0.15, -0.1) is 11.3 Å². The van der Waals surface area contributed by atoms with E-state index in [1.54, 1.807) is 11.3 Å². The first-order chi connectivity index (χ1) is 11.9. The van der Waals surface area contributed by atoms with E-state index in [0.29, 0.717) is 26.2 Å². The summed E-state index contributed by atoms with van der Waals surface area (Å²) >= 11 is 1.67. The molecule has 0 unspecified atom stereocenters. The van der Waals surface area contributed by atoms with Crippen LogP contribution in [0, 0.1) is 0 Å². The quantitative estimate of drug-likeness (QED) is 0.771. The summed E-state index contributed by atoms with van der Waals surface area (Å²) in [7, 11) is 0. The van der Waals surface area contributed by atoms with Gasteiger partial charge in [0.05, 0.1) is 18.8 Å². The number of hydrogen-bond acceptors (Lipinski definition) is 3. The number of nitrogens with one attached hydrogen (secondary N) is 1. The minimum absolute atomic E-state index is 0.0350. The molecule has 0 bridgehead atoms. The number of benzene rings is 1. The Morgan fingerprint density at radius 2 is 1.96 bits per heavy atom. The van der Waals surface area contributed by atoms with Crippen LogP contribution in [-0.4, -0.2) is 23.1 Å². The first-order valence-electron chi connectivity index (χ1n) is 8.64. The number of carbonyl (C=O) groups is 1. The molecular formula is C20H28N2O2S. The van der Waals surface area contributed by atoms with Gasteiger partial charge in [-0.25, -0.2) is 4.79 Å². The second kappa shape index (κ2) is 9.02. The van der Waals surface area contributed by atoms with Crippen molar-refractivity contribution in [2.75, 3.05) is 6.54 Å². The maximum atomic E-state index is 12.4. The molecule has 2 aromatic rings. The van der Waals surface area contributed by atoms with E-state index in [4.69, 9.17) is 4.74 Å². The molecule has 0 aliphatic carbocycles. The molecule has 0 saturated carbocycles. The molecule has 0 spiro atoms. The molecule has 0 saturated heterocycles. The zero-order valence-electron chi connectivity index (χ0n) is 15.5. The van der Waals surface area contributed by atoms with Gasteiger partial charge in [0.25, 0.3) is 0 Å². The molecule has 136 valence electrons. The summed E-state index contributed by atoms with van der Waals surface area (Å²) in [5, 5.41) is 5.05. The van der Waals surface area contributed by atoms with Crippen molar-refractivity contribution in [3.63, 3.8) is 0 Å². The van der Waals surface area contributed by atoms with E-state index < -0.39 is 0 Å². The van der Waals surface area contributed by atoms with E-state index in [1.807, 2.05) is 62.2 Å². The van der Waals surface area contributed by atoms with Crippen LogP contribution in [0.15, 0.2) is 41.8 Å². The number of urea groups is 1. The average Bonchev–Trinajstić information content (AvgIpc) is 3.08. The SMILES string of the molecule is CCN(Cc1cccs1)C(=O)NCc1cccc(COC(C)(C)C)c1. The molecule has 0 fully saturated rings. The third-order valence-electron chi connectivity index (χ3n) is 3.70. The molecule has 25 heavy (non-hydrogen) atoms. The molecule has 1 heterocycles.